The maximum atomic E-state index is 13.2. The van der Waals surface area contributed by atoms with Gasteiger partial charge in [-0.25, -0.2) is 0 Å². The zero-order valence-electron chi connectivity index (χ0n) is 18.9. The fraction of sp³-hybridized carbons (Fsp3) is 0.520. The predicted molar refractivity (Wildman–Crippen MR) is 125 cm³/mol. The van der Waals surface area contributed by atoms with Crippen molar-refractivity contribution in [3.8, 4) is 11.5 Å². The Bertz CT molecular complexity index is 938. The second-order valence-electron chi connectivity index (χ2n) is 8.63. The molecule has 2 amide bonds. The topological polar surface area (TPSA) is 67.9 Å². The van der Waals surface area contributed by atoms with Crippen LogP contribution in [0.15, 0.2) is 29.6 Å². The lowest BCUT2D eigenvalue weighted by Gasteiger charge is -2.37. The van der Waals surface area contributed by atoms with E-state index in [0.717, 1.165) is 28.8 Å². The van der Waals surface area contributed by atoms with Crippen molar-refractivity contribution in [2.75, 3.05) is 27.3 Å². The third-order valence-electron chi connectivity index (χ3n) is 6.70. The van der Waals surface area contributed by atoms with Gasteiger partial charge in [0, 0.05) is 17.8 Å². The van der Waals surface area contributed by atoms with E-state index in [1.807, 2.05) is 28.5 Å². The minimum absolute atomic E-state index is 0.0262. The molecular weight excluding hydrogens is 424 g/mol. The fourth-order valence-electron chi connectivity index (χ4n) is 4.97. The van der Waals surface area contributed by atoms with Gasteiger partial charge in [0.25, 0.3) is 0 Å². The molecule has 1 aliphatic carbocycles. The van der Waals surface area contributed by atoms with E-state index in [1.165, 1.54) is 25.7 Å². The van der Waals surface area contributed by atoms with Crippen LogP contribution in [0.3, 0.4) is 0 Å². The highest BCUT2D eigenvalue weighted by atomic mass is 32.1. The number of hydrogen-bond acceptors (Lipinski definition) is 5. The van der Waals surface area contributed by atoms with Gasteiger partial charge >= 0.3 is 0 Å². The Labute approximate surface area is 193 Å². The van der Waals surface area contributed by atoms with Gasteiger partial charge in [0.1, 0.15) is 0 Å². The Morgan fingerprint density at radius 3 is 2.59 bits per heavy atom. The Hall–Kier alpha value is -2.54. The first kappa shape index (κ1) is 22.6. The maximum absolute atomic E-state index is 13.2. The van der Waals surface area contributed by atoms with Crippen LogP contribution in [-0.4, -0.2) is 44.0 Å². The number of methoxy groups -OCH3 is 2. The molecule has 4 rings (SSSR count). The van der Waals surface area contributed by atoms with Crippen LogP contribution in [0.4, 0.5) is 0 Å². The van der Waals surface area contributed by atoms with Crippen LogP contribution < -0.4 is 14.8 Å². The predicted octanol–water partition coefficient (Wildman–Crippen LogP) is 4.33. The average molecular weight is 457 g/mol. The van der Waals surface area contributed by atoms with Crippen LogP contribution in [0.2, 0.25) is 0 Å². The van der Waals surface area contributed by atoms with Crippen LogP contribution in [0.5, 0.6) is 11.5 Å². The molecule has 1 fully saturated rings. The van der Waals surface area contributed by atoms with Gasteiger partial charge in [0.15, 0.2) is 11.5 Å². The van der Waals surface area contributed by atoms with Crippen molar-refractivity contribution in [2.24, 2.45) is 5.92 Å². The number of thiophene rings is 1. The number of ether oxygens (including phenoxy) is 2. The summed E-state index contributed by atoms with van der Waals surface area (Å²) < 4.78 is 11.0. The first-order valence-corrected chi connectivity index (χ1v) is 12.3. The number of hydrogen-bond donors (Lipinski definition) is 1. The van der Waals surface area contributed by atoms with E-state index in [0.29, 0.717) is 30.4 Å². The lowest BCUT2D eigenvalue weighted by atomic mass is 9.90. The van der Waals surface area contributed by atoms with Gasteiger partial charge in [-0.2, -0.15) is 0 Å². The molecule has 1 saturated carbocycles. The van der Waals surface area contributed by atoms with Crippen LogP contribution in [0.1, 0.15) is 60.6 Å². The first-order valence-electron chi connectivity index (χ1n) is 11.4. The van der Waals surface area contributed by atoms with Crippen molar-refractivity contribution < 1.29 is 19.1 Å². The van der Waals surface area contributed by atoms with E-state index < -0.39 is 0 Å². The zero-order chi connectivity index (χ0) is 22.5. The molecule has 172 valence electrons. The highest BCUT2D eigenvalue weighted by molar-refractivity contribution is 7.10. The monoisotopic (exact) mass is 456 g/mol. The Morgan fingerprint density at radius 2 is 1.91 bits per heavy atom. The highest BCUT2D eigenvalue weighted by Gasteiger charge is 2.34. The molecule has 0 bridgehead atoms. The van der Waals surface area contributed by atoms with E-state index >= 15 is 0 Å². The van der Waals surface area contributed by atoms with Gasteiger partial charge in [-0.3, -0.25) is 9.59 Å². The smallest absolute Gasteiger partial charge is 0.242 e. The van der Waals surface area contributed by atoms with E-state index in [-0.39, 0.29) is 24.4 Å². The minimum Gasteiger partial charge on any atom is -0.493 e. The van der Waals surface area contributed by atoms with Crippen molar-refractivity contribution in [1.82, 2.24) is 10.2 Å². The summed E-state index contributed by atoms with van der Waals surface area (Å²) in [5, 5.41) is 4.89. The minimum atomic E-state index is -0.193. The molecule has 2 aromatic rings. The summed E-state index contributed by atoms with van der Waals surface area (Å²) in [7, 11) is 3.26. The molecular formula is C25H32N2O4S. The molecule has 1 aromatic heterocycles. The number of fused-ring (bicyclic) bond motifs is 1. The largest absolute Gasteiger partial charge is 0.493 e. The molecule has 7 heteroatoms. The Kier molecular flexibility index (Phi) is 7.35. The lowest BCUT2D eigenvalue weighted by Crippen LogP contribution is -2.45. The Morgan fingerprint density at radius 1 is 1.16 bits per heavy atom. The maximum Gasteiger partial charge on any atom is 0.242 e. The number of carbonyl (C=O) groups excluding carboxylic acids is 2. The molecule has 0 saturated heterocycles. The molecule has 0 radical (unpaired) electrons. The highest BCUT2D eigenvalue weighted by Crippen LogP contribution is 2.42. The number of nitrogens with one attached hydrogen (secondary N) is 1. The van der Waals surface area contributed by atoms with Gasteiger partial charge in [-0.1, -0.05) is 31.7 Å². The first-order chi connectivity index (χ1) is 15.6. The quantitative estimate of drug-likeness (QED) is 0.642. The second kappa shape index (κ2) is 10.4. The van der Waals surface area contributed by atoms with Gasteiger partial charge < -0.3 is 19.7 Å². The van der Waals surface area contributed by atoms with Crippen molar-refractivity contribution in [3.63, 3.8) is 0 Å². The van der Waals surface area contributed by atoms with Crippen molar-refractivity contribution in [3.05, 3.63) is 45.6 Å². The van der Waals surface area contributed by atoms with Gasteiger partial charge in [0.05, 0.1) is 26.8 Å². The summed E-state index contributed by atoms with van der Waals surface area (Å²) in [4.78, 5) is 28.5. The van der Waals surface area contributed by atoms with E-state index in [1.54, 1.807) is 25.6 Å². The third-order valence-corrected chi connectivity index (χ3v) is 7.62. The molecule has 1 atom stereocenters. The van der Waals surface area contributed by atoms with E-state index in [4.69, 9.17) is 9.47 Å². The van der Waals surface area contributed by atoms with Crippen molar-refractivity contribution in [1.29, 1.82) is 0 Å². The molecule has 6 nitrogen and oxygen atoms in total. The van der Waals surface area contributed by atoms with Crippen molar-refractivity contribution in [2.45, 2.75) is 51.0 Å². The van der Waals surface area contributed by atoms with Crippen LogP contribution in [0.25, 0.3) is 0 Å². The summed E-state index contributed by atoms with van der Waals surface area (Å²) >= 11 is 1.63. The Balaban J connectivity index is 1.48. The molecule has 2 heterocycles. The summed E-state index contributed by atoms with van der Waals surface area (Å²) in [6, 6.07) is 7.87. The van der Waals surface area contributed by atoms with E-state index in [9.17, 15) is 9.59 Å². The normalized spacial score (nSPS) is 18.3. The molecule has 1 N–H and O–H groups in total. The number of amides is 2. The number of carbonyl (C=O) groups is 2. The number of rotatable bonds is 8. The molecule has 1 unspecified atom stereocenters. The average Bonchev–Trinajstić information content (AvgIpc) is 3.53. The lowest BCUT2D eigenvalue weighted by molar-refractivity contribution is -0.134. The van der Waals surface area contributed by atoms with Crippen molar-refractivity contribution >= 4 is 23.2 Å². The van der Waals surface area contributed by atoms with Gasteiger partial charge in [-0.15, -0.1) is 11.3 Å². The van der Waals surface area contributed by atoms with E-state index in [2.05, 4.69) is 11.4 Å². The van der Waals surface area contributed by atoms with Crippen LogP contribution >= 0.6 is 11.3 Å². The molecule has 32 heavy (non-hydrogen) atoms. The van der Waals surface area contributed by atoms with Crippen LogP contribution in [-0.2, 0) is 16.0 Å². The molecule has 2 aliphatic rings. The summed E-state index contributed by atoms with van der Waals surface area (Å²) in [6.07, 6.45) is 7.19. The standard InChI is InChI=1S/C25H32N2O4S/c1-30-20-14-18-11-12-27(24(29)16-26-23(28)10-9-17-6-3-4-7-17)25(22-8-5-13-32-22)19(18)15-21(20)31-2/h5,8,13-15,17,25H,3-4,6-7,9-12,16H2,1-2H3,(H,26,28). The number of nitrogens with zero attached hydrogens (tertiary/aromatic N) is 1. The van der Waals surface area contributed by atoms with Crippen LogP contribution in [0, 0.1) is 5.92 Å². The second-order valence-corrected chi connectivity index (χ2v) is 9.61. The SMILES string of the molecule is COc1cc2c(cc1OC)C(c1cccs1)N(C(=O)CNC(=O)CCC1CCCC1)CC2. The molecule has 1 aliphatic heterocycles. The molecule has 1 aromatic carbocycles. The zero-order valence-corrected chi connectivity index (χ0v) is 19.7. The molecule has 0 spiro atoms. The van der Waals surface area contributed by atoms with Gasteiger partial charge in [0.2, 0.25) is 11.8 Å². The summed E-state index contributed by atoms with van der Waals surface area (Å²) in [6.45, 7) is 0.635. The summed E-state index contributed by atoms with van der Waals surface area (Å²) in [5.74, 6) is 1.94. The third kappa shape index (κ3) is 4.93. The van der Waals surface area contributed by atoms with Gasteiger partial charge in [-0.05, 0) is 53.5 Å². The number of benzene rings is 1. The fourth-order valence-corrected chi connectivity index (χ4v) is 5.82. The summed E-state index contributed by atoms with van der Waals surface area (Å²) in [5.41, 5.74) is 2.21.